The van der Waals surface area contributed by atoms with Crippen LogP contribution in [-0.4, -0.2) is 34.4 Å². The number of fused-ring (bicyclic) bond motifs is 1. The fourth-order valence-corrected chi connectivity index (χ4v) is 4.63. The average Bonchev–Trinajstić information content (AvgIpc) is 3.52. The van der Waals surface area contributed by atoms with Gasteiger partial charge < -0.3 is 4.74 Å². The molecule has 0 aliphatic rings. The van der Waals surface area contributed by atoms with Crippen LogP contribution in [0.15, 0.2) is 46.2 Å². The first-order valence-electron chi connectivity index (χ1n) is 13.1. The highest BCUT2D eigenvalue weighted by atomic mass is 19.4. The van der Waals surface area contributed by atoms with Crippen LogP contribution in [0.3, 0.4) is 0 Å². The van der Waals surface area contributed by atoms with E-state index in [0.29, 0.717) is 24.0 Å². The van der Waals surface area contributed by atoms with E-state index >= 15 is 0 Å². The molecule has 0 saturated heterocycles. The first kappa shape index (κ1) is 28.8. The molecule has 10 nitrogen and oxygen atoms in total. The molecular weight excluding hydrogens is 529 g/mol. The summed E-state index contributed by atoms with van der Waals surface area (Å²) in [6.45, 7) is 7.55. The molecule has 0 saturated carbocycles. The minimum Gasteiger partial charge on any atom is -0.441 e. The normalized spacial score (nSPS) is 12.7. The van der Waals surface area contributed by atoms with Crippen molar-refractivity contribution in [3.05, 3.63) is 68.6 Å². The zero-order chi connectivity index (χ0) is 29.2. The minimum atomic E-state index is -4.47. The van der Waals surface area contributed by atoms with E-state index in [9.17, 15) is 27.6 Å². The first-order valence-corrected chi connectivity index (χ1v) is 13.1. The van der Waals surface area contributed by atoms with Crippen LogP contribution in [0.5, 0.6) is 0 Å². The maximum absolute atomic E-state index is 13.6. The van der Waals surface area contributed by atoms with Crippen molar-refractivity contribution in [3.63, 3.8) is 0 Å². The van der Waals surface area contributed by atoms with Gasteiger partial charge in [-0.3, -0.25) is 28.0 Å². The third kappa shape index (κ3) is 5.58. The lowest BCUT2D eigenvalue weighted by Gasteiger charge is -2.18. The van der Waals surface area contributed by atoms with Crippen LogP contribution in [0.25, 0.3) is 22.6 Å². The quantitative estimate of drug-likeness (QED) is 0.263. The van der Waals surface area contributed by atoms with E-state index < -0.39 is 35.2 Å². The molecule has 4 aromatic rings. The molecule has 4 rings (SSSR count). The number of benzene rings is 1. The highest BCUT2D eigenvalue weighted by molar-refractivity contribution is 5.77. The number of aromatic nitrogens is 6. The van der Waals surface area contributed by atoms with Crippen LogP contribution in [0.4, 0.5) is 13.2 Å². The summed E-state index contributed by atoms with van der Waals surface area (Å²) in [5.41, 5.74) is -0.742. The van der Waals surface area contributed by atoms with Crippen LogP contribution >= 0.6 is 0 Å². The van der Waals surface area contributed by atoms with Crippen molar-refractivity contribution in [2.24, 2.45) is 0 Å². The number of halogens is 3. The monoisotopic (exact) mass is 560 g/mol. The van der Waals surface area contributed by atoms with Crippen molar-refractivity contribution in [2.45, 2.75) is 79.0 Å². The van der Waals surface area contributed by atoms with E-state index in [1.807, 2.05) is 13.8 Å². The summed E-state index contributed by atoms with van der Waals surface area (Å²) in [4.78, 5) is 43.7. The SMILES string of the molecule is CCCC(=O)OC(C)n1c(-c2cnn(Cc3cccc(C(F)(F)F)c3)c2)nc2c1c(=O)n(CCC)c(=O)n2CC. The van der Waals surface area contributed by atoms with Gasteiger partial charge in [-0.2, -0.15) is 18.3 Å². The summed E-state index contributed by atoms with van der Waals surface area (Å²) in [6, 6.07) is 4.96. The van der Waals surface area contributed by atoms with Gasteiger partial charge in [-0.1, -0.05) is 26.0 Å². The Kier molecular flexibility index (Phi) is 8.31. The van der Waals surface area contributed by atoms with E-state index in [-0.39, 0.29) is 43.0 Å². The van der Waals surface area contributed by atoms with Crippen molar-refractivity contribution in [2.75, 3.05) is 0 Å². The van der Waals surface area contributed by atoms with Gasteiger partial charge >= 0.3 is 17.8 Å². The number of hydrogen-bond donors (Lipinski definition) is 0. The number of nitrogens with zero attached hydrogens (tertiary/aromatic N) is 6. The number of aryl methyl sites for hydroxylation is 1. The maximum Gasteiger partial charge on any atom is 0.416 e. The molecule has 1 aromatic carbocycles. The Labute approximate surface area is 227 Å². The second-order valence-electron chi connectivity index (χ2n) is 9.43. The molecule has 0 aliphatic heterocycles. The second-order valence-corrected chi connectivity index (χ2v) is 9.43. The number of hydrogen-bond acceptors (Lipinski definition) is 6. The number of alkyl halides is 3. The molecular formula is C27H31F3N6O4. The van der Waals surface area contributed by atoms with Gasteiger partial charge in [0.1, 0.15) is 5.82 Å². The summed E-state index contributed by atoms with van der Waals surface area (Å²) in [5.74, 6) is -0.226. The van der Waals surface area contributed by atoms with Gasteiger partial charge in [0.15, 0.2) is 17.4 Å². The van der Waals surface area contributed by atoms with Crippen molar-refractivity contribution in [3.8, 4) is 11.4 Å². The van der Waals surface area contributed by atoms with E-state index in [0.717, 1.165) is 16.7 Å². The zero-order valence-corrected chi connectivity index (χ0v) is 22.7. The molecule has 0 aliphatic carbocycles. The summed E-state index contributed by atoms with van der Waals surface area (Å²) >= 11 is 0. The van der Waals surface area contributed by atoms with Crippen LogP contribution in [-0.2, 0) is 35.3 Å². The van der Waals surface area contributed by atoms with Gasteiger partial charge in [-0.15, -0.1) is 0 Å². The van der Waals surface area contributed by atoms with Gasteiger partial charge in [0.05, 0.1) is 23.9 Å². The van der Waals surface area contributed by atoms with Crippen molar-refractivity contribution < 1.29 is 22.7 Å². The Morgan fingerprint density at radius 2 is 1.85 bits per heavy atom. The van der Waals surface area contributed by atoms with Crippen molar-refractivity contribution >= 4 is 17.1 Å². The molecule has 0 N–H and O–H groups in total. The Morgan fingerprint density at radius 3 is 2.50 bits per heavy atom. The molecule has 0 amide bonds. The Bertz CT molecular complexity index is 1650. The number of ether oxygens (including phenoxy) is 1. The smallest absolute Gasteiger partial charge is 0.416 e. The van der Waals surface area contributed by atoms with E-state index in [2.05, 4.69) is 10.1 Å². The van der Waals surface area contributed by atoms with Crippen LogP contribution in [0, 0.1) is 0 Å². The third-order valence-corrected chi connectivity index (χ3v) is 6.43. The molecule has 0 spiro atoms. The third-order valence-electron chi connectivity index (χ3n) is 6.43. The molecule has 214 valence electrons. The number of carbonyl (C=O) groups excluding carboxylic acids is 1. The summed E-state index contributed by atoms with van der Waals surface area (Å²) in [7, 11) is 0. The molecule has 1 atom stereocenters. The number of carbonyl (C=O) groups is 1. The number of imidazole rings is 1. The predicted molar refractivity (Wildman–Crippen MR) is 142 cm³/mol. The molecule has 1 unspecified atom stereocenters. The van der Waals surface area contributed by atoms with Crippen molar-refractivity contribution in [1.29, 1.82) is 0 Å². The Morgan fingerprint density at radius 1 is 1.10 bits per heavy atom. The zero-order valence-electron chi connectivity index (χ0n) is 22.7. The molecule has 0 radical (unpaired) electrons. The highest BCUT2D eigenvalue weighted by Crippen LogP contribution is 2.30. The van der Waals surface area contributed by atoms with Gasteiger partial charge in [0.25, 0.3) is 5.56 Å². The van der Waals surface area contributed by atoms with Gasteiger partial charge in [0.2, 0.25) is 0 Å². The Balaban J connectivity index is 1.87. The lowest BCUT2D eigenvalue weighted by molar-refractivity contribution is -0.152. The summed E-state index contributed by atoms with van der Waals surface area (Å²) in [5, 5.41) is 4.29. The molecule has 40 heavy (non-hydrogen) atoms. The molecule has 3 heterocycles. The van der Waals surface area contributed by atoms with Crippen LogP contribution < -0.4 is 11.2 Å². The summed E-state index contributed by atoms with van der Waals surface area (Å²) < 4.78 is 50.6. The van der Waals surface area contributed by atoms with Crippen molar-refractivity contribution in [1.82, 2.24) is 28.5 Å². The molecule has 3 aromatic heterocycles. The number of rotatable bonds is 10. The second kappa shape index (κ2) is 11.5. The first-order chi connectivity index (χ1) is 19.0. The minimum absolute atomic E-state index is 0.0498. The largest absolute Gasteiger partial charge is 0.441 e. The predicted octanol–water partition coefficient (Wildman–Crippen LogP) is 4.58. The highest BCUT2D eigenvalue weighted by Gasteiger charge is 2.30. The maximum atomic E-state index is 13.6. The van der Waals surface area contributed by atoms with Gasteiger partial charge in [-0.25, -0.2) is 9.78 Å². The fourth-order valence-electron chi connectivity index (χ4n) is 4.63. The lowest BCUT2D eigenvalue weighted by Crippen LogP contribution is -2.40. The van der Waals surface area contributed by atoms with E-state index in [4.69, 9.17) is 4.74 Å². The van der Waals surface area contributed by atoms with Crippen LogP contribution in [0.1, 0.15) is 64.3 Å². The Hall–Kier alpha value is -4.16. The standard InChI is InChI=1S/C27H31F3N6O4/c1-5-9-21(37)40-17(4)36-22-24(34(7-3)26(39)35(12-6-2)25(22)38)32-23(36)19-14-31-33(16-19)15-18-10-8-11-20(13-18)27(28,29)30/h8,10-11,13-14,16-17H,5-7,9,12,15H2,1-4H3. The lowest BCUT2D eigenvalue weighted by atomic mass is 10.1. The number of esters is 1. The van der Waals surface area contributed by atoms with Gasteiger partial charge in [-0.05, 0) is 44.4 Å². The van der Waals surface area contributed by atoms with E-state index in [1.165, 1.54) is 26.1 Å². The topological polar surface area (TPSA) is 106 Å². The molecule has 0 bridgehead atoms. The molecule has 13 heteroatoms. The van der Waals surface area contributed by atoms with Gasteiger partial charge in [0, 0.05) is 25.7 Å². The summed E-state index contributed by atoms with van der Waals surface area (Å²) in [6.07, 6.45) is -1.07. The molecule has 0 fully saturated rings. The van der Waals surface area contributed by atoms with Crippen LogP contribution in [0.2, 0.25) is 0 Å². The average molecular weight is 561 g/mol. The fraction of sp³-hybridized carbons (Fsp3) is 0.444. The van der Waals surface area contributed by atoms with E-state index in [1.54, 1.807) is 26.1 Å².